The number of amides is 1. The van der Waals surface area contributed by atoms with E-state index in [0.29, 0.717) is 13.1 Å². The zero-order valence-corrected chi connectivity index (χ0v) is 10.8. The lowest BCUT2D eigenvalue weighted by Crippen LogP contribution is -2.35. The topological polar surface area (TPSA) is 64.4 Å². The van der Waals surface area contributed by atoms with Gasteiger partial charge >= 0.3 is 0 Å². The van der Waals surface area contributed by atoms with Gasteiger partial charge in [0.15, 0.2) is 0 Å². The molecule has 2 heterocycles. The van der Waals surface area contributed by atoms with Crippen molar-refractivity contribution in [1.29, 1.82) is 0 Å². The molecule has 0 radical (unpaired) electrons. The van der Waals surface area contributed by atoms with Gasteiger partial charge in [0.2, 0.25) is 5.91 Å². The van der Waals surface area contributed by atoms with E-state index in [0.717, 1.165) is 12.8 Å². The zero-order valence-electron chi connectivity index (χ0n) is 9.94. The maximum absolute atomic E-state index is 11.8. The number of carbonyl (C=O) groups excluding carboxylic acids is 1. The van der Waals surface area contributed by atoms with Crippen LogP contribution >= 0.6 is 11.3 Å². The first-order valence-electron chi connectivity index (χ1n) is 5.85. The van der Waals surface area contributed by atoms with Crippen LogP contribution < -0.4 is 11.1 Å². The molecule has 94 valence electrons. The van der Waals surface area contributed by atoms with Gasteiger partial charge < -0.3 is 15.8 Å². The molecule has 1 fully saturated rings. The van der Waals surface area contributed by atoms with E-state index in [2.05, 4.69) is 23.0 Å². The summed E-state index contributed by atoms with van der Waals surface area (Å²) in [7, 11) is 0. The van der Waals surface area contributed by atoms with Crippen molar-refractivity contribution in [3.8, 4) is 0 Å². The molecule has 0 saturated carbocycles. The number of hydrogen-bond acceptors (Lipinski definition) is 4. The highest BCUT2D eigenvalue weighted by Gasteiger charge is 2.29. The smallest absolute Gasteiger partial charge is 0.249 e. The molecule has 0 bridgehead atoms. The SMILES string of the molecule is Cc1cscc1CNC(=O)C1CCC(CN)O1. The standard InChI is InChI=1S/C12H18N2O2S/c1-8-6-17-7-9(8)5-14-12(15)11-3-2-10(4-13)16-11/h6-7,10-11H,2-5,13H2,1H3,(H,14,15). The Bertz CT molecular complexity index is 392. The average Bonchev–Trinajstić information content (AvgIpc) is 2.94. The molecule has 1 saturated heterocycles. The Morgan fingerprint density at radius 3 is 3.00 bits per heavy atom. The third-order valence-corrected chi connectivity index (χ3v) is 3.99. The Hall–Kier alpha value is -0.910. The van der Waals surface area contributed by atoms with E-state index in [4.69, 9.17) is 10.5 Å². The summed E-state index contributed by atoms with van der Waals surface area (Å²) >= 11 is 1.66. The first-order valence-corrected chi connectivity index (χ1v) is 6.80. The van der Waals surface area contributed by atoms with E-state index < -0.39 is 0 Å². The van der Waals surface area contributed by atoms with E-state index in [-0.39, 0.29) is 18.1 Å². The lowest BCUT2D eigenvalue weighted by Gasteiger charge is -2.12. The first-order chi connectivity index (χ1) is 8.20. The van der Waals surface area contributed by atoms with Crippen LogP contribution in [0.2, 0.25) is 0 Å². The third-order valence-electron chi connectivity index (χ3n) is 3.08. The second kappa shape index (κ2) is 5.62. The van der Waals surface area contributed by atoms with Gasteiger partial charge in [0.05, 0.1) is 6.10 Å². The van der Waals surface area contributed by atoms with E-state index in [9.17, 15) is 4.79 Å². The molecule has 17 heavy (non-hydrogen) atoms. The van der Waals surface area contributed by atoms with Crippen LogP contribution in [0.1, 0.15) is 24.0 Å². The maximum atomic E-state index is 11.8. The summed E-state index contributed by atoms with van der Waals surface area (Å²) in [5, 5.41) is 7.06. The molecule has 1 amide bonds. The number of rotatable bonds is 4. The lowest BCUT2D eigenvalue weighted by molar-refractivity contribution is -0.132. The fourth-order valence-corrected chi connectivity index (χ4v) is 2.79. The van der Waals surface area contributed by atoms with Crippen LogP contribution in [0.5, 0.6) is 0 Å². The predicted molar refractivity (Wildman–Crippen MR) is 67.9 cm³/mol. The van der Waals surface area contributed by atoms with Gasteiger partial charge in [-0.1, -0.05) is 0 Å². The number of nitrogens with one attached hydrogen (secondary N) is 1. The molecule has 2 rings (SSSR count). The van der Waals surface area contributed by atoms with Crippen molar-refractivity contribution in [1.82, 2.24) is 5.32 Å². The van der Waals surface area contributed by atoms with Gasteiger partial charge in [0.25, 0.3) is 0 Å². The predicted octanol–water partition coefficient (Wildman–Crippen LogP) is 1.18. The van der Waals surface area contributed by atoms with Crippen molar-refractivity contribution in [2.75, 3.05) is 6.54 Å². The summed E-state index contributed by atoms with van der Waals surface area (Å²) in [4.78, 5) is 11.8. The van der Waals surface area contributed by atoms with Crippen molar-refractivity contribution in [2.45, 2.75) is 38.5 Å². The van der Waals surface area contributed by atoms with E-state index in [1.54, 1.807) is 11.3 Å². The third kappa shape index (κ3) is 3.06. The van der Waals surface area contributed by atoms with Gasteiger partial charge in [0, 0.05) is 13.1 Å². The highest BCUT2D eigenvalue weighted by atomic mass is 32.1. The molecular weight excluding hydrogens is 236 g/mol. The molecule has 4 nitrogen and oxygen atoms in total. The molecule has 1 aromatic rings. The van der Waals surface area contributed by atoms with E-state index in [1.807, 2.05) is 0 Å². The van der Waals surface area contributed by atoms with Gasteiger partial charge in [-0.25, -0.2) is 0 Å². The van der Waals surface area contributed by atoms with Crippen LogP contribution in [0.4, 0.5) is 0 Å². The Morgan fingerprint density at radius 2 is 2.41 bits per heavy atom. The zero-order chi connectivity index (χ0) is 12.3. The van der Waals surface area contributed by atoms with E-state index >= 15 is 0 Å². The lowest BCUT2D eigenvalue weighted by atomic mass is 10.2. The highest BCUT2D eigenvalue weighted by molar-refractivity contribution is 7.08. The first kappa shape index (κ1) is 12.5. The van der Waals surface area contributed by atoms with Crippen LogP contribution in [0, 0.1) is 6.92 Å². The number of ether oxygens (including phenoxy) is 1. The number of carbonyl (C=O) groups is 1. The Kier molecular flexibility index (Phi) is 4.15. The van der Waals surface area contributed by atoms with Crippen LogP contribution in [0.15, 0.2) is 10.8 Å². The van der Waals surface area contributed by atoms with Crippen molar-refractivity contribution >= 4 is 17.2 Å². The van der Waals surface area contributed by atoms with Crippen LogP contribution in [0.3, 0.4) is 0 Å². The molecule has 1 aromatic heterocycles. The Morgan fingerprint density at radius 1 is 1.59 bits per heavy atom. The normalized spacial score (nSPS) is 23.9. The van der Waals surface area contributed by atoms with Gasteiger partial charge in [0.1, 0.15) is 6.10 Å². The van der Waals surface area contributed by atoms with Crippen molar-refractivity contribution in [3.05, 3.63) is 21.9 Å². The Balaban J connectivity index is 1.80. The largest absolute Gasteiger partial charge is 0.364 e. The Labute approximate surface area is 105 Å². The monoisotopic (exact) mass is 254 g/mol. The van der Waals surface area contributed by atoms with Crippen molar-refractivity contribution < 1.29 is 9.53 Å². The van der Waals surface area contributed by atoms with Crippen molar-refractivity contribution in [3.63, 3.8) is 0 Å². The fraction of sp³-hybridized carbons (Fsp3) is 0.583. The average molecular weight is 254 g/mol. The van der Waals surface area contributed by atoms with Crippen LogP contribution in [-0.4, -0.2) is 24.7 Å². The maximum Gasteiger partial charge on any atom is 0.249 e. The fourth-order valence-electron chi connectivity index (χ4n) is 1.94. The molecule has 0 spiro atoms. The minimum Gasteiger partial charge on any atom is -0.364 e. The van der Waals surface area contributed by atoms with Gasteiger partial charge in [-0.05, 0) is 41.7 Å². The summed E-state index contributed by atoms with van der Waals surface area (Å²) in [5.41, 5.74) is 7.91. The molecule has 2 atom stereocenters. The second-order valence-corrected chi connectivity index (χ2v) is 5.10. The highest BCUT2D eigenvalue weighted by Crippen LogP contribution is 2.19. The number of hydrogen-bond donors (Lipinski definition) is 2. The van der Waals surface area contributed by atoms with Crippen LogP contribution in [0.25, 0.3) is 0 Å². The molecule has 3 N–H and O–H groups in total. The summed E-state index contributed by atoms with van der Waals surface area (Å²) in [6.45, 7) is 3.13. The summed E-state index contributed by atoms with van der Waals surface area (Å²) in [5.74, 6) is -0.0217. The van der Waals surface area contributed by atoms with Crippen molar-refractivity contribution in [2.24, 2.45) is 5.73 Å². The quantitative estimate of drug-likeness (QED) is 0.848. The molecule has 5 heteroatoms. The second-order valence-electron chi connectivity index (χ2n) is 4.36. The minimum atomic E-state index is -0.317. The molecule has 2 unspecified atom stereocenters. The molecule has 0 aromatic carbocycles. The van der Waals surface area contributed by atoms with Gasteiger partial charge in [-0.3, -0.25) is 4.79 Å². The number of nitrogens with two attached hydrogens (primary N) is 1. The summed E-state index contributed by atoms with van der Waals surface area (Å²) in [6.07, 6.45) is 1.39. The van der Waals surface area contributed by atoms with Crippen LogP contribution in [-0.2, 0) is 16.1 Å². The summed E-state index contributed by atoms with van der Waals surface area (Å²) in [6, 6.07) is 0. The molecule has 0 aliphatic carbocycles. The summed E-state index contributed by atoms with van der Waals surface area (Å²) < 4.78 is 5.54. The minimum absolute atomic E-state index is 0.0217. The van der Waals surface area contributed by atoms with Gasteiger partial charge in [-0.15, -0.1) is 0 Å². The van der Waals surface area contributed by atoms with E-state index in [1.165, 1.54) is 11.1 Å². The van der Waals surface area contributed by atoms with Gasteiger partial charge in [-0.2, -0.15) is 11.3 Å². The number of thiophene rings is 1. The number of aryl methyl sites for hydroxylation is 1. The molecule has 1 aliphatic heterocycles. The molecular formula is C12H18N2O2S. The molecule has 1 aliphatic rings.